The molecule has 1 heterocycles. The molecule has 0 aliphatic carbocycles. The fraction of sp³-hybridized carbons (Fsp3) is 0.200. The molecule has 0 bridgehead atoms. The van der Waals surface area contributed by atoms with Crippen LogP contribution in [0.4, 0.5) is 5.69 Å². The number of halogens is 1. The van der Waals surface area contributed by atoms with Crippen molar-refractivity contribution in [3.05, 3.63) is 52.3 Å². The smallest absolute Gasteiger partial charge is 0.337 e. The minimum atomic E-state index is -1.09. The Morgan fingerprint density at radius 3 is 2.67 bits per heavy atom. The highest BCUT2D eigenvalue weighted by molar-refractivity contribution is 6.31. The topological polar surface area (TPSA) is 71.3 Å². The fourth-order valence-electron chi connectivity index (χ4n) is 2.06. The lowest BCUT2D eigenvalue weighted by Gasteiger charge is -2.10. The van der Waals surface area contributed by atoms with Crippen LogP contribution in [0, 0.1) is 6.92 Å². The van der Waals surface area contributed by atoms with Gasteiger partial charge in [-0.05, 0) is 32.0 Å². The number of carboxylic acids is 1. The predicted octanol–water partition coefficient (Wildman–Crippen LogP) is 3.42. The zero-order valence-corrected chi connectivity index (χ0v) is 12.4. The van der Waals surface area contributed by atoms with Crippen LogP contribution in [-0.2, 0) is 6.54 Å². The first-order valence-corrected chi connectivity index (χ1v) is 6.81. The van der Waals surface area contributed by atoms with Gasteiger partial charge in [0.15, 0.2) is 0 Å². The molecule has 6 heteroatoms. The van der Waals surface area contributed by atoms with E-state index in [0.717, 1.165) is 5.56 Å². The molecule has 0 spiro atoms. The molecular weight excluding hydrogens is 292 g/mol. The number of rotatable bonds is 4. The van der Waals surface area contributed by atoms with E-state index in [0.29, 0.717) is 17.3 Å². The SMILES string of the molecule is CCn1cc(Cl)cc1C(=O)Nc1ccc(C)cc1C(=O)O. The summed E-state index contributed by atoms with van der Waals surface area (Å²) in [5.41, 5.74) is 1.52. The maximum atomic E-state index is 12.3. The van der Waals surface area contributed by atoms with Crippen molar-refractivity contribution in [2.75, 3.05) is 5.32 Å². The summed E-state index contributed by atoms with van der Waals surface area (Å²) >= 11 is 5.90. The van der Waals surface area contributed by atoms with E-state index in [-0.39, 0.29) is 11.3 Å². The number of carbonyl (C=O) groups excluding carboxylic acids is 1. The maximum absolute atomic E-state index is 12.3. The van der Waals surface area contributed by atoms with Crippen molar-refractivity contribution in [2.24, 2.45) is 0 Å². The molecule has 2 aromatic rings. The number of benzene rings is 1. The number of amides is 1. The van der Waals surface area contributed by atoms with Gasteiger partial charge in [-0.15, -0.1) is 0 Å². The zero-order valence-electron chi connectivity index (χ0n) is 11.7. The summed E-state index contributed by atoms with van der Waals surface area (Å²) in [5.74, 6) is -1.48. The number of carbonyl (C=O) groups is 2. The van der Waals surface area contributed by atoms with Crippen LogP contribution >= 0.6 is 11.6 Å². The highest BCUT2D eigenvalue weighted by Crippen LogP contribution is 2.20. The van der Waals surface area contributed by atoms with E-state index >= 15 is 0 Å². The van der Waals surface area contributed by atoms with Crippen LogP contribution in [0.1, 0.15) is 33.3 Å². The molecular formula is C15H15ClN2O3. The highest BCUT2D eigenvalue weighted by atomic mass is 35.5. The van der Waals surface area contributed by atoms with Crippen molar-refractivity contribution in [2.45, 2.75) is 20.4 Å². The molecule has 110 valence electrons. The minimum absolute atomic E-state index is 0.0593. The number of nitrogens with one attached hydrogen (secondary N) is 1. The maximum Gasteiger partial charge on any atom is 0.337 e. The zero-order chi connectivity index (χ0) is 15.6. The van der Waals surface area contributed by atoms with E-state index in [2.05, 4.69) is 5.32 Å². The average Bonchev–Trinajstić information content (AvgIpc) is 2.81. The second-order valence-corrected chi connectivity index (χ2v) is 5.07. The van der Waals surface area contributed by atoms with Gasteiger partial charge in [-0.1, -0.05) is 23.2 Å². The quantitative estimate of drug-likeness (QED) is 0.909. The standard InChI is InChI=1S/C15H15ClN2O3/c1-3-18-8-10(16)7-13(18)14(19)17-12-5-4-9(2)6-11(12)15(20)21/h4-8H,3H2,1-2H3,(H,17,19)(H,20,21). The van der Waals surface area contributed by atoms with Gasteiger partial charge in [-0.3, -0.25) is 4.79 Å². The van der Waals surface area contributed by atoms with Crippen LogP contribution in [0.3, 0.4) is 0 Å². The Balaban J connectivity index is 2.33. The lowest BCUT2D eigenvalue weighted by molar-refractivity contribution is 0.0698. The Labute approximate surface area is 127 Å². The van der Waals surface area contributed by atoms with Crippen LogP contribution in [0.15, 0.2) is 30.5 Å². The number of aromatic carboxylic acids is 1. The van der Waals surface area contributed by atoms with Crippen molar-refractivity contribution in [3.8, 4) is 0 Å². The molecule has 0 aliphatic rings. The third kappa shape index (κ3) is 3.25. The lowest BCUT2D eigenvalue weighted by Crippen LogP contribution is -2.18. The minimum Gasteiger partial charge on any atom is -0.478 e. The number of carboxylic acid groups (broad SMARTS) is 1. The van der Waals surface area contributed by atoms with E-state index in [4.69, 9.17) is 11.6 Å². The molecule has 2 N–H and O–H groups in total. The molecule has 5 nitrogen and oxygen atoms in total. The summed E-state index contributed by atoms with van der Waals surface area (Å²) < 4.78 is 1.70. The van der Waals surface area contributed by atoms with Crippen LogP contribution in [0.2, 0.25) is 5.02 Å². The third-order valence-electron chi connectivity index (χ3n) is 3.09. The van der Waals surface area contributed by atoms with Crippen molar-refractivity contribution in [1.82, 2.24) is 4.57 Å². The molecule has 0 unspecified atom stereocenters. The fourth-order valence-corrected chi connectivity index (χ4v) is 2.28. The summed E-state index contributed by atoms with van der Waals surface area (Å²) in [6, 6.07) is 6.39. The van der Waals surface area contributed by atoms with Crippen molar-refractivity contribution in [3.63, 3.8) is 0 Å². The van der Waals surface area contributed by atoms with E-state index < -0.39 is 11.9 Å². The molecule has 1 aromatic heterocycles. The highest BCUT2D eigenvalue weighted by Gasteiger charge is 2.16. The average molecular weight is 307 g/mol. The van der Waals surface area contributed by atoms with Gasteiger partial charge in [-0.25, -0.2) is 4.79 Å². The van der Waals surface area contributed by atoms with Crippen LogP contribution < -0.4 is 5.32 Å². The van der Waals surface area contributed by atoms with Crippen LogP contribution in [0.5, 0.6) is 0 Å². The predicted molar refractivity (Wildman–Crippen MR) is 81.2 cm³/mol. The van der Waals surface area contributed by atoms with Crippen molar-refractivity contribution >= 4 is 29.2 Å². The largest absolute Gasteiger partial charge is 0.478 e. The molecule has 0 atom stereocenters. The summed E-state index contributed by atoms with van der Waals surface area (Å²) in [6.07, 6.45) is 1.66. The monoisotopic (exact) mass is 306 g/mol. The number of anilines is 1. The van der Waals surface area contributed by atoms with Crippen molar-refractivity contribution in [1.29, 1.82) is 0 Å². The normalized spacial score (nSPS) is 10.4. The van der Waals surface area contributed by atoms with Crippen LogP contribution in [0.25, 0.3) is 0 Å². The molecule has 0 fully saturated rings. The Morgan fingerprint density at radius 1 is 1.33 bits per heavy atom. The van der Waals surface area contributed by atoms with Gasteiger partial charge in [0.25, 0.3) is 5.91 Å². The number of aryl methyl sites for hydroxylation is 2. The lowest BCUT2D eigenvalue weighted by atomic mass is 10.1. The first-order chi connectivity index (χ1) is 9.92. The van der Waals surface area contributed by atoms with Gasteiger partial charge in [0, 0.05) is 12.7 Å². The van der Waals surface area contributed by atoms with E-state index in [9.17, 15) is 14.7 Å². The summed E-state index contributed by atoms with van der Waals surface area (Å²) in [6.45, 7) is 4.27. The van der Waals surface area contributed by atoms with Gasteiger partial charge >= 0.3 is 5.97 Å². The van der Waals surface area contributed by atoms with E-state index in [1.54, 1.807) is 35.9 Å². The van der Waals surface area contributed by atoms with Gasteiger partial charge in [0.2, 0.25) is 0 Å². The van der Waals surface area contributed by atoms with Gasteiger partial charge in [0.05, 0.1) is 16.3 Å². The van der Waals surface area contributed by atoms with Gasteiger partial charge < -0.3 is 15.0 Å². The number of hydrogen-bond donors (Lipinski definition) is 2. The van der Waals surface area contributed by atoms with Crippen molar-refractivity contribution < 1.29 is 14.7 Å². The number of nitrogens with zero attached hydrogens (tertiary/aromatic N) is 1. The Hall–Kier alpha value is -2.27. The second kappa shape index (κ2) is 6.01. The van der Waals surface area contributed by atoms with Crippen LogP contribution in [-0.4, -0.2) is 21.6 Å². The number of hydrogen-bond acceptors (Lipinski definition) is 2. The summed E-state index contributed by atoms with van der Waals surface area (Å²) in [7, 11) is 0. The third-order valence-corrected chi connectivity index (χ3v) is 3.30. The molecule has 0 aliphatic heterocycles. The van der Waals surface area contributed by atoms with E-state index in [1.165, 1.54) is 6.07 Å². The van der Waals surface area contributed by atoms with Gasteiger partial charge in [-0.2, -0.15) is 0 Å². The molecule has 1 aromatic carbocycles. The number of aromatic nitrogens is 1. The summed E-state index contributed by atoms with van der Waals surface area (Å²) in [4.78, 5) is 23.5. The molecule has 0 saturated carbocycles. The molecule has 0 saturated heterocycles. The molecule has 2 rings (SSSR count). The molecule has 1 amide bonds. The Morgan fingerprint density at radius 2 is 2.05 bits per heavy atom. The van der Waals surface area contributed by atoms with Gasteiger partial charge in [0.1, 0.15) is 5.69 Å². The first kappa shape index (κ1) is 15.1. The molecule has 0 radical (unpaired) electrons. The summed E-state index contributed by atoms with van der Waals surface area (Å²) in [5, 5.41) is 12.3. The first-order valence-electron chi connectivity index (χ1n) is 6.43. The van der Waals surface area contributed by atoms with E-state index in [1.807, 2.05) is 6.92 Å². The Bertz CT molecular complexity index is 707. The Kier molecular flexibility index (Phi) is 4.33. The molecule has 21 heavy (non-hydrogen) atoms. The second-order valence-electron chi connectivity index (χ2n) is 4.64.